The number of carbonyl (C=O) groups is 1. The molecule has 0 aromatic heterocycles. The highest BCUT2D eigenvalue weighted by Crippen LogP contribution is 2.46. The first-order valence-corrected chi connectivity index (χ1v) is 7.63. The molecule has 126 valence electrons. The van der Waals surface area contributed by atoms with Gasteiger partial charge >= 0.3 is 6.18 Å². The summed E-state index contributed by atoms with van der Waals surface area (Å²) in [6, 6.07) is 11.3. The van der Waals surface area contributed by atoms with E-state index in [2.05, 4.69) is 0 Å². The highest BCUT2D eigenvalue weighted by molar-refractivity contribution is 6.30. The molecule has 0 bridgehead atoms. The van der Waals surface area contributed by atoms with Gasteiger partial charge in [0.15, 0.2) is 0 Å². The molecule has 2 aromatic rings. The minimum atomic E-state index is -4.58. The van der Waals surface area contributed by atoms with Gasteiger partial charge in [0, 0.05) is 5.02 Å². The highest BCUT2D eigenvalue weighted by Gasteiger charge is 2.56. The number of benzene rings is 2. The number of nitrogens with zero attached hydrogens (tertiary/aromatic N) is 1. The number of rotatable bonds is 3. The molecule has 1 aliphatic rings. The summed E-state index contributed by atoms with van der Waals surface area (Å²) in [5.41, 5.74) is -1.96. The van der Waals surface area contributed by atoms with Crippen molar-refractivity contribution in [1.29, 1.82) is 0 Å². The van der Waals surface area contributed by atoms with Gasteiger partial charge in [0.1, 0.15) is 0 Å². The molecule has 0 saturated carbocycles. The largest absolute Gasteiger partial charge is 0.418 e. The van der Waals surface area contributed by atoms with Crippen molar-refractivity contribution in [2.45, 2.75) is 25.1 Å². The predicted molar refractivity (Wildman–Crippen MR) is 83.4 cm³/mol. The molecule has 24 heavy (non-hydrogen) atoms. The molecule has 1 saturated heterocycles. The lowest BCUT2D eigenvalue weighted by Crippen LogP contribution is -2.62. The van der Waals surface area contributed by atoms with E-state index in [4.69, 9.17) is 16.4 Å². The van der Waals surface area contributed by atoms with Crippen molar-refractivity contribution in [1.82, 2.24) is 0 Å². The Bertz CT molecular complexity index is 776. The summed E-state index contributed by atoms with van der Waals surface area (Å²) in [4.78, 5) is 18.3. The predicted octanol–water partition coefficient (Wildman–Crippen LogP) is 4.94. The summed E-state index contributed by atoms with van der Waals surface area (Å²) in [5.74, 6) is -0.538. The summed E-state index contributed by atoms with van der Waals surface area (Å²) in [5, 5.41) is 1.21. The summed E-state index contributed by atoms with van der Waals surface area (Å²) in [6.07, 6.45) is -4.29. The number of hydrogen-bond donors (Lipinski definition) is 0. The van der Waals surface area contributed by atoms with Crippen LogP contribution in [0.1, 0.15) is 24.5 Å². The van der Waals surface area contributed by atoms with Crippen LogP contribution in [0.5, 0.6) is 0 Å². The van der Waals surface area contributed by atoms with Crippen LogP contribution in [-0.2, 0) is 21.4 Å². The second kappa shape index (κ2) is 5.79. The van der Waals surface area contributed by atoms with Gasteiger partial charge in [-0.3, -0.25) is 4.79 Å². The van der Waals surface area contributed by atoms with Crippen LogP contribution in [-0.4, -0.2) is 5.91 Å². The number of para-hydroxylation sites is 1. The minimum absolute atomic E-state index is 0.290. The molecule has 1 amide bonds. The number of anilines is 1. The number of hydroxylamine groups is 1. The average Bonchev–Trinajstić information content (AvgIpc) is 2.55. The molecular weight excluding hydrogens is 343 g/mol. The molecule has 1 heterocycles. The van der Waals surface area contributed by atoms with Gasteiger partial charge in [-0.25, -0.2) is 4.84 Å². The van der Waals surface area contributed by atoms with E-state index < -0.39 is 23.2 Å². The van der Waals surface area contributed by atoms with E-state index in [-0.39, 0.29) is 12.1 Å². The van der Waals surface area contributed by atoms with Gasteiger partial charge < -0.3 is 0 Å². The van der Waals surface area contributed by atoms with Crippen LogP contribution in [0.15, 0.2) is 48.5 Å². The maximum Gasteiger partial charge on any atom is 0.418 e. The van der Waals surface area contributed by atoms with Crippen LogP contribution in [0.4, 0.5) is 18.9 Å². The van der Waals surface area contributed by atoms with Crippen molar-refractivity contribution >= 4 is 23.2 Å². The van der Waals surface area contributed by atoms with Crippen molar-refractivity contribution in [2.24, 2.45) is 0 Å². The topological polar surface area (TPSA) is 29.5 Å². The van der Waals surface area contributed by atoms with E-state index >= 15 is 0 Å². The molecule has 0 radical (unpaired) electrons. The van der Waals surface area contributed by atoms with Crippen LogP contribution in [0.2, 0.25) is 5.02 Å². The molecule has 0 N–H and O–H groups in total. The Morgan fingerprint density at radius 3 is 2.29 bits per heavy atom. The van der Waals surface area contributed by atoms with E-state index in [1.54, 1.807) is 31.2 Å². The molecule has 2 aromatic carbocycles. The lowest BCUT2D eigenvalue weighted by atomic mass is 9.87. The van der Waals surface area contributed by atoms with Crippen molar-refractivity contribution in [3.05, 3.63) is 64.7 Å². The third-order valence-corrected chi connectivity index (χ3v) is 4.27. The number of amides is 1. The average molecular weight is 356 g/mol. The van der Waals surface area contributed by atoms with Crippen LogP contribution in [0, 0.1) is 0 Å². The third-order valence-electron chi connectivity index (χ3n) is 4.01. The zero-order valence-electron chi connectivity index (χ0n) is 12.6. The lowest BCUT2D eigenvalue weighted by molar-refractivity contribution is -0.192. The van der Waals surface area contributed by atoms with E-state index in [1.165, 1.54) is 18.2 Å². The molecule has 1 aliphatic heterocycles. The summed E-state index contributed by atoms with van der Waals surface area (Å²) >= 11 is 5.84. The first-order valence-electron chi connectivity index (χ1n) is 7.25. The first kappa shape index (κ1) is 16.8. The van der Waals surface area contributed by atoms with E-state index in [0.717, 1.165) is 6.07 Å². The summed E-state index contributed by atoms with van der Waals surface area (Å²) in [7, 11) is 0. The van der Waals surface area contributed by atoms with Crippen molar-refractivity contribution in [3.8, 4) is 0 Å². The van der Waals surface area contributed by atoms with Gasteiger partial charge in [-0.2, -0.15) is 18.2 Å². The van der Waals surface area contributed by atoms with Crippen molar-refractivity contribution in [3.63, 3.8) is 0 Å². The highest BCUT2D eigenvalue weighted by atomic mass is 35.5. The molecule has 1 unspecified atom stereocenters. The van der Waals surface area contributed by atoms with Crippen LogP contribution in [0.25, 0.3) is 0 Å². The quantitative estimate of drug-likeness (QED) is 0.780. The molecule has 3 rings (SSSR count). The molecule has 0 aliphatic carbocycles. The van der Waals surface area contributed by atoms with Crippen LogP contribution < -0.4 is 5.06 Å². The normalized spacial score (nSPS) is 20.9. The number of halogens is 4. The number of carbonyl (C=O) groups excluding carboxylic acids is 1. The zero-order chi connectivity index (χ0) is 17.5. The monoisotopic (exact) mass is 355 g/mol. The van der Waals surface area contributed by atoms with Gasteiger partial charge in [-0.1, -0.05) is 42.8 Å². The molecule has 0 spiro atoms. The van der Waals surface area contributed by atoms with E-state index in [0.29, 0.717) is 15.6 Å². The summed E-state index contributed by atoms with van der Waals surface area (Å²) < 4.78 is 39.4. The van der Waals surface area contributed by atoms with Crippen molar-refractivity contribution < 1.29 is 22.8 Å². The Balaban J connectivity index is 1.96. The Morgan fingerprint density at radius 2 is 1.75 bits per heavy atom. The molecule has 3 nitrogen and oxygen atoms in total. The lowest BCUT2D eigenvalue weighted by Gasteiger charge is -2.47. The van der Waals surface area contributed by atoms with Crippen LogP contribution >= 0.6 is 11.6 Å². The minimum Gasteiger partial charge on any atom is -0.268 e. The van der Waals surface area contributed by atoms with Gasteiger partial charge in [0.25, 0.3) is 5.91 Å². The molecular formula is C17H13ClF3NO2. The fourth-order valence-corrected chi connectivity index (χ4v) is 2.85. The smallest absolute Gasteiger partial charge is 0.268 e. The second-order valence-corrected chi connectivity index (χ2v) is 5.83. The third kappa shape index (κ3) is 2.56. The Labute approximate surface area is 141 Å². The number of hydrogen-bond acceptors (Lipinski definition) is 2. The first-order chi connectivity index (χ1) is 11.3. The zero-order valence-corrected chi connectivity index (χ0v) is 13.4. The van der Waals surface area contributed by atoms with E-state index in [1.807, 2.05) is 0 Å². The second-order valence-electron chi connectivity index (χ2n) is 5.39. The van der Waals surface area contributed by atoms with E-state index in [9.17, 15) is 18.0 Å². The number of alkyl halides is 3. The van der Waals surface area contributed by atoms with Gasteiger partial charge in [0.05, 0.1) is 11.3 Å². The van der Waals surface area contributed by atoms with Gasteiger partial charge in [-0.15, -0.1) is 0 Å². The summed E-state index contributed by atoms with van der Waals surface area (Å²) in [6.45, 7) is 1.74. The Morgan fingerprint density at radius 1 is 1.12 bits per heavy atom. The fraction of sp³-hybridized carbons (Fsp3) is 0.235. The molecule has 1 atom stereocenters. The maximum atomic E-state index is 13.1. The standard InChI is InChI=1S/C17H13ClF3NO2/c1-2-16(11-7-9-12(18)10-8-11)15(23)22(24-16)14-6-4-3-5-13(14)17(19,20)21/h3-10H,2H2,1H3. The SMILES string of the molecule is CCC1(c2ccc(Cl)cc2)ON(c2ccccc2C(F)(F)F)C1=O. The fourth-order valence-electron chi connectivity index (χ4n) is 2.73. The van der Waals surface area contributed by atoms with Gasteiger partial charge in [0.2, 0.25) is 5.60 Å². The Hall–Kier alpha value is -2.05. The van der Waals surface area contributed by atoms with Crippen molar-refractivity contribution in [2.75, 3.05) is 5.06 Å². The molecule has 7 heteroatoms. The van der Waals surface area contributed by atoms with Gasteiger partial charge in [-0.05, 0) is 36.2 Å². The maximum absolute atomic E-state index is 13.1. The Kier molecular flexibility index (Phi) is 4.05. The molecule has 1 fully saturated rings. The van der Waals surface area contributed by atoms with Crippen LogP contribution in [0.3, 0.4) is 0 Å².